The van der Waals surface area contributed by atoms with E-state index in [-0.39, 0.29) is 0 Å². The van der Waals surface area contributed by atoms with E-state index in [1.165, 1.54) is 0 Å². The molecule has 25 heavy (non-hydrogen) atoms. The first-order valence-electron chi connectivity index (χ1n) is 7.99. The number of rotatable bonds is 6. The van der Waals surface area contributed by atoms with Crippen LogP contribution in [-0.4, -0.2) is 17.5 Å². The minimum absolute atomic E-state index is 0.543. The van der Waals surface area contributed by atoms with E-state index in [2.05, 4.69) is 20.6 Å². The summed E-state index contributed by atoms with van der Waals surface area (Å²) in [5.41, 5.74) is 1.93. The Kier molecular flexibility index (Phi) is 6.09. The highest BCUT2D eigenvalue weighted by atomic mass is 35.5. The van der Waals surface area contributed by atoms with E-state index < -0.39 is 0 Å². The maximum Gasteiger partial charge on any atom is 0.236 e. The van der Waals surface area contributed by atoms with Crippen molar-refractivity contribution in [3.05, 3.63) is 64.3 Å². The van der Waals surface area contributed by atoms with Crippen molar-refractivity contribution < 1.29 is 4.42 Å². The number of nitrogens with zero attached hydrogens (tertiary/aromatic N) is 2. The largest absolute Gasteiger partial charge is 0.443 e. The van der Waals surface area contributed by atoms with Gasteiger partial charge in [-0.25, -0.2) is 9.98 Å². The number of nitrogens with one attached hydrogen (secondary N) is 2. The van der Waals surface area contributed by atoms with Gasteiger partial charge in [-0.05, 0) is 36.1 Å². The molecule has 0 aliphatic rings. The summed E-state index contributed by atoms with van der Waals surface area (Å²) in [5.74, 6) is 1.38. The molecule has 0 saturated carbocycles. The second-order valence-corrected chi connectivity index (χ2v) is 6.68. The van der Waals surface area contributed by atoms with Gasteiger partial charge >= 0.3 is 0 Å². The van der Waals surface area contributed by atoms with Crippen LogP contribution in [-0.2, 0) is 13.1 Å². The lowest BCUT2D eigenvalue weighted by Gasteiger charge is -2.10. The normalized spacial score (nSPS) is 11.5. The summed E-state index contributed by atoms with van der Waals surface area (Å²) in [4.78, 5) is 10.1. The average molecular weight is 375 g/mol. The molecule has 0 aliphatic carbocycles. The van der Waals surface area contributed by atoms with E-state index in [9.17, 15) is 0 Å². The molecular formula is C18H19ClN4OS. The third kappa shape index (κ3) is 5.08. The molecule has 0 atom stereocenters. The van der Waals surface area contributed by atoms with Crippen LogP contribution in [0.4, 0.5) is 0 Å². The number of oxazole rings is 1. The van der Waals surface area contributed by atoms with Gasteiger partial charge in [0.05, 0.1) is 23.7 Å². The minimum atomic E-state index is 0.543. The smallest absolute Gasteiger partial charge is 0.236 e. The molecule has 3 rings (SSSR count). The second-order valence-electron chi connectivity index (χ2n) is 5.30. The molecule has 1 aromatic carbocycles. The Bertz CT molecular complexity index is 812. The van der Waals surface area contributed by atoms with Crippen LogP contribution in [0.3, 0.4) is 0 Å². The summed E-state index contributed by atoms with van der Waals surface area (Å²) < 4.78 is 5.53. The third-order valence-corrected chi connectivity index (χ3v) is 4.51. The molecule has 0 amide bonds. The number of thiophene rings is 1. The Morgan fingerprint density at radius 3 is 2.80 bits per heavy atom. The monoisotopic (exact) mass is 374 g/mol. The van der Waals surface area contributed by atoms with Crippen LogP contribution in [0.25, 0.3) is 10.8 Å². The standard InChI is InChI=1S/C18H19ClN4OS/c1-2-20-18(21-10-13-5-7-14(19)8-6-13)22-11-15-12-24-17(23-15)16-4-3-9-25-16/h3-9,12H,2,10-11H2,1H3,(H2,20,21,22). The van der Waals surface area contributed by atoms with E-state index in [4.69, 9.17) is 16.0 Å². The molecule has 0 spiro atoms. The summed E-state index contributed by atoms with van der Waals surface area (Å²) in [6.45, 7) is 3.93. The van der Waals surface area contributed by atoms with Crippen molar-refractivity contribution in [3.8, 4) is 10.8 Å². The summed E-state index contributed by atoms with van der Waals surface area (Å²) in [6.07, 6.45) is 1.67. The summed E-state index contributed by atoms with van der Waals surface area (Å²) in [6, 6.07) is 11.7. The van der Waals surface area contributed by atoms with Crippen molar-refractivity contribution in [1.82, 2.24) is 15.6 Å². The van der Waals surface area contributed by atoms with Crippen molar-refractivity contribution in [3.63, 3.8) is 0 Å². The molecule has 0 radical (unpaired) electrons. The van der Waals surface area contributed by atoms with Crippen LogP contribution in [0.5, 0.6) is 0 Å². The highest BCUT2D eigenvalue weighted by molar-refractivity contribution is 7.13. The number of aromatic nitrogens is 1. The summed E-state index contributed by atoms with van der Waals surface area (Å²) in [7, 11) is 0. The van der Waals surface area contributed by atoms with E-state index in [1.807, 2.05) is 48.7 Å². The number of hydrogen-bond acceptors (Lipinski definition) is 4. The predicted octanol–water partition coefficient (Wildman–Crippen LogP) is 4.31. The van der Waals surface area contributed by atoms with Crippen LogP contribution in [0.15, 0.2) is 57.5 Å². The molecule has 2 heterocycles. The zero-order valence-corrected chi connectivity index (χ0v) is 15.4. The van der Waals surface area contributed by atoms with Crippen molar-refractivity contribution >= 4 is 28.9 Å². The highest BCUT2D eigenvalue weighted by Crippen LogP contribution is 2.23. The van der Waals surface area contributed by atoms with Crippen molar-refractivity contribution in [1.29, 1.82) is 0 Å². The SMILES string of the molecule is CCNC(=NCc1ccc(Cl)cc1)NCc1coc(-c2cccs2)n1. The van der Waals surface area contributed by atoms with Crippen molar-refractivity contribution in [2.45, 2.75) is 20.0 Å². The maximum absolute atomic E-state index is 5.91. The molecule has 7 heteroatoms. The lowest BCUT2D eigenvalue weighted by molar-refractivity contribution is 0.573. The second kappa shape index (κ2) is 8.69. The zero-order chi connectivity index (χ0) is 17.5. The Labute approximate surface area is 155 Å². The lowest BCUT2D eigenvalue weighted by atomic mass is 10.2. The molecule has 5 nitrogen and oxygen atoms in total. The molecule has 130 valence electrons. The molecule has 2 N–H and O–H groups in total. The molecule has 3 aromatic rings. The number of halogens is 1. The van der Waals surface area contributed by atoms with E-state index in [0.29, 0.717) is 19.0 Å². The molecule has 0 aliphatic heterocycles. The molecule has 0 bridgehead atoms. The average Bonchev–Trinajstić information content (AvgIpc) is 3.30. The Morgan fingerprint density at radius 1 is 1.24 bits per heavy atom. The van der Waals surface area contributed by atoms with Crippen LogP contribution < -0.4 is 10.6 Å². The Hall–Kier alpha value is -2.31. The fraction of sp³-hybridized carbons (Fsp3) is 0.222. The van der Waals surface area contributed by atoms with Crippen molar-refractivity contribution in [2.75, 3.05) is 6.54 Å². The van der Waals surface area contributed by atoms with Gasteiger partial charge in [-0.2, -0.15) is 0 Å². The van der Waals surface area contributed by atoms with Crippen LogP contribution >= 0.6 is 22.9 Å². The number of guanidine groups is 1. The summed E-state index contributed by atoms with van der Waals surface area (Å²) >= 11 is 7.51. The number of hydrogen-bond donors (Lipinski definition) is 2. The van der Waals surface area contributed by atoms with Crippen LogP contribution in [0.2, 0.25) is 5.02 Å². The van der Waals surface area contributed by atoms with Crippen LogP contribution in [0, 0.1) is 0 Å². The van der Waals surface area contributed by atoms with E-state index in [0.717, 1.165) is 33.7 Å². The number of aliphatic imine (C=N–C) groups is 1. The quantitative estimate of drug-likeness (QED) is 0.498. The molecule has 0 saturated heterocycles. The molecule has 2 aromatic heterocycles. The maximum atomic E-state index is 5.91. The van der Waals surface area contributed by atoms with Gasteiger partial charge in [-0.3, -0.25) is 0 Å². The van der Waals surface area contributed by atoms with Crippen LogP contribution in [0.1, 0.15) is 18.2 Å². The Balaban J connectivity index is 1.60. The minimum Gasteiger partial charge on any atom is -0.443 e. The first-order chi connectivity index (χ1) is 12.2. The van der Waals surface area contributed by atoms with Gasteiger partial charge in [0.15, 0.2) is 5.96 Å². The first-order valence-corrected chi connectivity index (χ1v) is 9.25. The number of benzene rings is 1. The van der Waals surface area contributed by atoms with Gasteiger partial charge in [-0.15, -0.1) is 11.3 Å². The summed E-state index contributed by atoms with van der Waals surface area (Å²) in [5, 5.41) is 9.23. The van der Waals surface area contributed by atoms with Gasteiger partial charge in [-0.1, -0.05) is 29.8 Å². The predicted molar refractivity (Wildman–Crippen MR) is 103 cm³/mol. The zero-order valence-electron chi connectivity index (χ0n) is 13.8. The molecular weight excluding hydrogens is 356 g/mol. The van der Waals surface area contributed by atoms with Crippen molar-refractivity contribution in [2.24, 2.45) is 4.99 Å². The van der Waals surface area contributed by atoms with Gasteiger partial charge in [0.1, 0.15) is 6.26 Å². The van der Waals surface area contributed by atoms with Gasteiger partial charge in [0.25, 0.3) is 0 Å². The van der Waals surface area contributed by atoms with Gasteiger partial charge in [0.2, 0.25) is 5.89 Å². The van der Waals surface area contributed by atoms with E-state index >= 15 is 0 Å². The Morgan fingerprint density at radius 2 is 2.08 bits per heavy atom. The van der Waals surface area contributed by atoms with Gasteiger partial charge in [0, 0.05) is 11.6 Å². The topological polar surface area (TPSA) is 62.5 Å². The van der Waals surface area contributed by atoms with E-state index in [1.54, 1.807) is 17.6 Å². The first kappa shape index (κ1) is 17.5. The highest BCUT2D eigenvalue weighted by Gasteiger charge is 2.08. The fourth-order valence-corrected chi connectivity index (χ4v) is 2.96. The molecule has 0 fully saturated rings. The van der Waals surface area contributed by atoms with Gasteiger partial charge < -0.3 is 15.1 Å². The fourth-order valence-electron chi connectivity index (χ4n) is 2.18. The third-order valence-electron chi connectivity index (χ3n) is 3.40. The lowest BCUT2D eigenvalue weighted by Crippen LogP contribution is -2.36. The molecule has 0 unspecified atom stereocenters.